The number of aromatic nitrogens is 2. The second kappa shape index (κ2) is 5.02. The molecule has 102 valence electrons. The molecule has 0 aliphatic carbocycles. The molecule has 19 heavy (non-hydrogen) atoms. The maximum absolute atomic E-state index is 12.7. The highest BCUT2D eigenvalue weighted by Crippen LogP contribution is 2.31. The molecule has 0 unspecified atom stereocenters. The fourth-order valence-electron chi connectivity index (χ4n) is 1.76. The Morgan fingerprint density at radius 1 is 1.32 bits per heavy atom. The lowest BCUT2D eigenvalue weighted by Gasteiger charge is -2.06. The molecule has 7 heteroatoms. The zero-order valence-corrected chi connectivity index (χ0v) is 11.5. The van der Waals surface area contributed by atoms with Gasteiger partial charge >= 0.3 is 6.18 Å². The first-order valence-electron chi connectivity index (χ1n) is 5.40. The molecule has 0 aliphatic heterocycles. The van der Waals surface area contributed by atoms with Gasteiger partial charge in [0.05, 0.1) is 6.54 Å². The van der Waals surface area contributed by atoms with Crippen LogP contribution >= 0.6 is 23.8 Å². The molecule has 0 atom stereocenters. The van der Waals surface area contributed by atoms with E-state index < -0.39 is 11.9 Å². The zero-order chi connectivity index (χ0) is 14.2. The number of H-pyrrole nitrogens is 1. The van der Waals surface area contributed by atoms with E-state index >= 15 is 0 Å². The third-order valence-corrected chi connectivity index (χ3v) is 3.65. The molecule has 0 amide bonds. The van der Waals surface area contributed by atoms with Gasteiger partial charge in [0, 0.05) is 10.6 Å². The molecular weight excluding hydrogens is 297 g/mol. The molecule has 1 heterocycles. The van der Waals surface area contributed by atoms with E-state index in [0.717, 1.165) is 0 Å². The van der Waals surface area contributed by atoms with Gasteiger partial charge in [0.15, 0.2) is 0 Å². The highest BCUT2D eigenvalue weighted by atomic mass is 35.5. The van der Waals surface area contributed by atoms with E-state index in [1.54, 1.807) is 24.3 Å². The quantitative estimate of drug-likeness (QED) is 0.806. The average Bonchev–Trinajstić information content (AvgIpc) is 2.60. The first kappa shape index (κ1) is 14.1. The Labute approximate surface area is 117 Å². The molecule has 0 radical (unpaired) electrons. The normalized spacial score (nSPS) is 11.8. The molecule has 0 spiro atoms. The number of benzene rings is 1. The van der Waals surface area contributed by atoms with Crippen LogP contribution in [0.3, 0.4) is 0 Å². The van der Waals surface area contributed by atoms with E-state index in [1.807, 2.05) is 0 Å². The van der Waals surface area contributed by atoms with Crippen LogP contribution in [0.1, 0.15) is 16.8 Å². The summed E-state index contributed by atoms with van der Waals surface area (Å²) in [7, 11) is 0. The SMILES string of the molecule is Cc1c(C(F)(F)F)[nH]n(Cc2ccccc2Cl)c1=S. The highest BCUT2D eigenvalue weighted by molar-refractivity contribution is 7.71. The maximum atomic E-state index is 12.7. The predicted octanol–water partition coefficient (Wildman–Crippen LogP) is 4.57. The Morgan fingerprint density at radius 3 is 2.47 bits per heavy atom. The second-order valence-electron chi connectivity index (χ2n) is 4.09. The predicted molar refractivity (Wildman–Crippen MR) is 69.9 cm³/mol. The van der Waals surface area contributed by atoms with Gasteiger partial charge in [-0.15, -0.1) is 0 Å². The summed E-state index contributed by atoms with van der Waals surface area (Å²) >= 11 is 11.0. The van der Waals surface area contributed by atoms with Crippen LogP contribution in [0.25, 0.3) is 0 Å². The van der Waals surface area contributed by atoms with Crippen molar-refractivity contribution in [1.29, 1.82) is 0 Å². The van der Waals surface area contributed by atoms with Gasteiger partial charge in [-0.2, -0.15) is 13.2 Å². The minimum absolute atomic E-state index is 0.0227. The molecule has 0 bridgehead atoms. The largest absolute Gasteiger partial charge is 0.433 e. The zero-order valence-electron chi connectivity index (χ0n) is 9.88. The number of alkyl halides is 3. The van der Waals surface area contributed by atoms with Gasteiger partial charge in [-0.1, -0.05) is 42.0 Å². The van der Waals surface area contributed by atoms with Crippen molar-refractivity contribution < 1.29 is 13.2 Å². The van der Waals surface area contributed by atoms with Crippen LogP contribution in [0, 0.1) is 11.6 Å². The van der Waals surface area contributed by atoms with Crippen molar-refractivity contribution in [3.8, 4) is 0 Å². The first-order valence-corrected chi connectivity index (χ1v) is 6.19. The standard InChI is InChI=1S/C12H10ClF3N2S/c1-7-10(12(14,15)16)17-18(11(7)19)6-8-4-2-3-5-9(8)13/h2-5,17H,6H2,1H3. The smallest absolute Gasteiger partial charge is 0.292 e. The van der Waals surface area contributed by atoms with Crippen LogP contribution in [0.2, 0.25) is 5.02 Å². The van der Waals surface area contributed by atoms with Crippen molar-refractivity contribution in [2.45, 2.75) is 19.6 Å². The summed E-state index contributed by atoms with van der Waals surface area (Å²) in [5.74, 6) is 0. The summed E-state index contributed by atoms with van der Waals surface area (Å²) in [6, 6.07) is 6.95. The number of nitrogens with one attached hydrogen (secondary N) is 1. The Bertz CT molecular complexity index is 658. The Kier molecular flexibility index (Phi) is 3.73. The fourth-order valence-corrected chi connectivity index (χ4v) is 2.17. The number of aromatic amines is 1. The van der Waals surface area contributed by atoms with Crippen molar-refractivity contribution in [2.24, 2.45) is 0 Å². The van der Waals surface area contributed by atoms with E-state index in [-0.39, 0.29) is 16.7 Å². The third kappa shape index (κ3) is 2.84. The van der Waals surface area contributed by atoms with Gasteiger partial charge in [0.1, 0.15) is 10.3 Å². The molecule has 2 nitrogen and oxygen atoms in total. The highest BCUT2D eigenvalue weighted by Gasteiger charge is 2.35. The lowest BCUT2D eigenvalue weighted by molar-refractivity contribution is -0.141. The molecule has 2 rings (SSSR count). The Hall–Kier alpha value is -1.27. The summed E-state index contributed by atoms with van der Waals surface area (Å²) in [6.07, 6.45) is -4.44. The van der Waals surface area contributed by atoms with Crippen molar-refractivity contribution in [3.63, 3.8) is 0 Å². The lowest BCUT2D eigenvalue weighted by atomic mass is 10.2. The topological polar surface area (TPSA) is 20.7 Å². The van der Waals surface area contributed by atoms with Crippen molar-refractivity contribution in [3.05, 3.63) is 50.7 Å². The first-order chi connectivity index (χ1) is 8.80. The van der Waals surface area contributed by atoms with Crippen molar-refractivity contribution in [2.75, 3.05) is 0 Å². The van der Waals surface area contributed by atoms with Gasteiger partial charge in [-0.25, -0.2) is 0 Å². The molecule has 0 saturated heterocycles. The number of hydrogen-bond donors (Lipinski definition) is 1. The van der Waals surface area contributed by atoms with Gasteiger partial charge in [0.25, 0.3) is 0 Å². The van der Waals surface area contributed by atoms with Crippen molar-refractivity contribution >= 4 is 23.8 Å². The van der Waals surface area contributed by atoms with Crippen LogP contribution in [0.5, 0.6) is 0 Å². The maximum Gasteiger partial charge on any atom is 0.433 e. The van der Waals surface area contributed by atoms with E-state index in [2.05, 4.69) is 5.10 Å². The molecule has 1 N–H and O–H groups in total. The van der Waals surface area contributed by atoms with Gasteiger partial charge < -0.3 is 0 Å². The van der Waals surface area contributed by atoms with E-state index in [4.69, 9.17) is 23.8 Å². The molecule has 0 aliphatic rings. The lowest BCUT2D eigenvalue weighted by Crippen LogP contribution is -2.09. The summed E-state index contributed by atoms with van der Waals surface area (Å²) in [4.78, 5) is 0. The number of hydrogen-bond acceptors (Lipinski definition) is 1. The van der Waals surface area contributed by atoms with Crippen LogP contribution < -0.4 is 0 Å². The number of rotatable bonds is 2. The minimum atomic E-state index is -4.44. The number of nitrogens with zero attached hydrogens (tertiary/aromatic N) is 1. The number of halogens is 4. The summed E-state index contributed by atoms with van der Waals surface area (Å²) < 4.78 is 39.6. The van der Waals surface area contributed by atoms with Gasteiger partial charge in [-0.3, -0.25) is 9.78 Å². The van der Waals surface area contributed by atoms with Crippen LogP contribution in [0.15, 0.2) is 24.3 Å². The van der Waals surface area contributed by atoms with Crippen molar-refractivity contribution in [1.82, 2.24) is 9.78 Å². The summed E-state index contributed by atoms with van der Waals surface area (Å²) in [5, 5.41) is 2.79. The van der Waals surface area contributed by atoms with Crippen LogP contribution in [0.4, 0.5) is 13.2 Å². The van der Waals surface area contributed by atoms with Gasteiger partial charge in [0.2, 0.25) is 0 Å². The van der Waals surface area contributed by atoms with E-state index in [9.17, 15) is 13.2 Å². The molecule has 0 fully saturated rings. The van der Waals surface area contributed by atoms with Crippen LogP contribution in [-0.4, -0.2) is 9.78 Å². The monoisotopic (exact) mass is 306 g/mol. The summed E-state index contributed by atoms with van der Waals surface area (Å²) in [5.41, 5.74) is -0.0886. The molecule has 2 aromatic rings. The van der Waals surface area contributed by atoms with Gasteiger partial charge in [-0.05, 0) is 18.6 Å². The molecule has 1 aromatic heterocycles. The Morgan fingerprint density at radius 2 is 1.95 bits per heavy atom. The fraction of sp³-hybridized carbons (Fsp3) is 0.250. The summed E-state index contributed by atoms with van der Waals surface area (Å²) in [6.45, 7) is 1.53. The Balaban J connectivity index is 2.43. The van der Waals surface area contributed by atoms with E-state index in [1.165, 1.54) is 11.6 Å². The average molecular weight is 307 g/mol. The minimum Gasteiger partial charge on any atom is -0.292 e. The van der Waals surface area contributed by atoms with E-state index in [0.29, 0.717) is 10.6 Å². The van der Waals surface area contributed by atoms with Crippen LogP contribution in [-0.2, 0) is 12.7 Å². The molecule has 0 saturated carbocycles. The second-order valence-corrected chi connectivity index (χ2v) is 4.89. The molecule has 1 aromatic carbocycles. The molecular formula is C12H10ClF3N2S. The third-order valence-electron chi connectivity index (χ3n) is 2.76.